The Balaban J connectivity index is 0.00000385. The van der Waals surface area contributed by atoms with Gasteiger partial charge in [-0.15, -0.1) is 24.0 Å². The van der Waals surface area contributed by atoms with E-state index >= 15 is 0 Å². The number of hydrogen-bond acceptors (Lipinski definition) is 4. The number of nitrogens with zero attached hydrogens (tertiary/aromatic N) is 2. The number of benzene rings is 2. The van der Waals surface area contributed by atoms with Crippen molar-refractivity contribution in [1.82, 2.24) is 10.2 Å². The quantitative estimate of drug-likeness (QED) is 0.277. The number of likely N-dealkylation sites (tertiary alicyclic amines) is 1. The summed E-state index contributed by atoms with van der Waals surface area (Å²) in [6, 6.07) is 16.4. The Kier molecular flexibility index (Phi) is 11.3. The summed E-state index contributed by atoms with van der Waals surface area (Å²) in [5.41, 5.74) is 8.41. The Hall–Kier alpha value is -2.49. The molecule has 0 atom stereocenters. The first-order valence-electron chi connectivity index (χ1n) is 11.2. The van der Waals surface area contributed by atoms with Crippen molar-refractivity contribution in [3.8, 4) is 11.5 Å². The van der Waals surface area contributed by atoms with Crippen LogP contribution in [0, 0.1) is 5.92 Å². The van der Waals surface area contributed by atoms with Gasteiger partial charge < -0.3 is 25.4 Å². The Morgan fingerprint density at radius 2 is 1.76 bits per heavy atom. The van der Waals surface area contributed by atoms with Gasteiger partial charge in [0.2, 0.25) is 5.91 Å². The van der Waals surface area contributed by atoms with Gasteiger partial charge in [-0.3, -0.25) is 4.79 Å². The fourth-order valence-corrected chi connectivity index (χ4v) is 4.01. The molecule has 1 amide bonds. The Morgan fingerprint density at radius 3 is 2.42 bits per heavy atom. The van der Waals surface area contributed by atoms with E-state index in [1.807, 2.05) is 29.2 Å². The third kappa shape index (κ3) is 8.42. The Labute approximate surface area is 213 Å². The summed E-state index contributed by atoms with van der Waals surface area (Å²) in [6.07, 6.45) is 3.89. The second kappa shape index (κ2) is 13.9. The lowest BCUT2D eigenvalue weighted by Gasteiger charge is -2.31. The number of carbonyl (C=O) groups is 1. The van der Waals surface area contributed by atoms with Gasteiger partial charge in [-0.1, -0.05) is 36.4 Å². The summed E-state index contributed by atoms with van der Waals surface area (Å²) >= 11 is 0. The average molecular weight is 566 g/mol. The molecule has 7 nitrogen and oxygen atoms in total. The summed E-state index contributed by atoms with van der Waals surface area (Å²) < 4.78 is 10.6. The number of carbonyl (C=O) groups excluding carboxylic acids is 1. The molecule has 3 N–H and O–H groups in total. The second-order valence-corrected chi connectivity index (χ2v) is 8.08. The maximum absolute atomic E-state index is 12.5. The van der Waals surface area contributed by atoms with Crippen LogP contribution in [-0.4, -0.2) is 57.2 Å². The van der Waals surface area contributed by atoms with Crippen LogP contribution < -0.4 is 20.5 Å². The maximum Gasteiger partial charge on any atom is 0.244 e. The van der Waals surface area contributed by atoms with E-state index < -0.39 is 0 Å². The van der Waals surface area contributed by atoms with E-state index in [0.717, 1.165) is 44.3 Å². The van der Waals surface area contributed by atoms with Crippen LogP contribution in [-0.2, 0) is 17.6 Å². The number of nitrogens with two attached hydrogens (primary N) is 1. The summed E-state index contributed by atoms with van der Waals surface area (Å²) in [4.78, 5) is 18.6. The lowest BCUT2D eigenvalue weighted by atomic mass is 9.90. The number of nitrogens with one attached hydrogen (secondary N) is 1. The molecule has 0 radical (unpaired) electrons. The van der Waals surface area contributed by atoms with Gasteiger partial charge in [-0.05, 0) is 54.9 Å². The molecule has 180 valence electrons. The highest BCUT2D eigenvalue weighted by Crippen LogP contribution is 2.27. The van der Waals surface area contributed by atoms with Crippen LogP contribution >= 0.6 is 24.0 Å². The van der Waals surface area contributed by atoms with Crippen molar-refractivity contribution in [2.45, 2.75) is 25.7 Å². The van der Waals surface area contributed by atoms with E-state index in [2.05, 4.69) is 34.6 Å². The number of hydrogen-bond donors (Lipinski definition) is 2. The van der Waals surface area contributed by atoms with Crippen LogP contribution in [0.2, 0.25) is 0 Å². The minimum Gasteiger partial charge on any atom is -0.493 e. The molecule has 1 aliphatic heterocycles. The fraction of sp³-hybridized carbons (Fsp3) is 0.440. The zero-order valence-electron chi connectivity index (χ0n) is 19.5. The van der Waals surface area contributed by atoms with Crippen LogP contribution in [0.15, 0.2) is 53.5 Å². The minimum absolute atomic E-state index is 0. The van der Waals surface area contributed by atoms with Crippen molar-refractivity contribution in [3.63, 3.8) is 0 Å². The molecule has 1 heterocycles. The monoisotopic (exact) mass is 566 g/mol. The van der Waals surface area contributed by atoms with E-state index in [1.54, 1.807) is 14.2 Å². The number of aliphatic imine (C=N–C) groups is 1. The van der Waals surface area contributed by atoms with E-state index in [4.69, 9.17) is 15.2 Å². The van der Waals surface area contributed by atoms with Crippen LogP contribution in [0.1, 0.15) is 24.0 Å². The molecular weight excluding hydrogens is 531 g/mol. The van der Waals surface area contributed by atoms with Crippen LogP contribution in [0.25, 0.3) is 0 Å². The van der Waals surface area contributed by atoms with Crippen LogP contribution in [0.3, 0.4) is 0 Å². The highest BCUT2D eigenvalue weighted by molar-refractivity contribution is 14.0. The maximum atomic E-state index is 12.5. The van der Waals surface area contributed by atoms with Gasteiger partial charge in [0.15, 0.2) is 17.5 Å². The summed E-state index contributed by atoms with van der Waals surface area (Å²) in [5.74, 6) is 2.36. The second-order valence-electron chi connectivity index (χ2n) is 8.08. The Morgan fingerprint density at radius 1 is 1.06 bits per heavy atom. The van der Waals surface area contributed by atoms with Gasteiger partial charge in [0, 0.05) is 19.6 Å². The first-order valence-corrected chi connectivity index (χ1v) is 11.2. The molecule has 2 aromatic rings. The summed E-state index contributed by atoms with van der Waals surface area (Å²) in [6.45, 7) is 2.28. The largest absolute Gasteiger partial charge is 0.493 e. The minimum atomic E-state index is 0. The van der Waals surface area contributed by atoms with E-state index in [9.17, 15) is 4.79 Å². The molecule has 3 rings (SSSR count). The topological polar surface area (TPSA) is 89.2 Å². The smallest absolute Gasteiger partial charge is 0.244 e. The Bertz CT molecular complexity index is 900. The van der Waals surface area contributed by atoms with Crippen molar-refractivity contribution >= 4 is 35.8 Å². The van der Waals surface area contributed by atoms with E-state index in [0.29, 0.717) is 24.0 Å². The van der Waals surface area contributed by atoms with Crippen molar-refractivity contribution in [1.29, 1.82) is 0 Å². The molecule has 0 unspecified atom stereocenters. The van der Waals surface area contributed by atoms with Crippen LogP contribution in [0.4, 0.5) is 0 Å². The van der Waals surface area contributed by atoms with Gasteiger partial charge in [0.1, 0.15) is 6.54 Å². The summed E-state index contributed by atoms with van der Waals surface area (Å²) in [5, 5.41) is 3.07. The first-order chi connectivity index (χ1) is 15.6. The zero-order chi connectivity index (χ0) is 22.8. The number of ether oxygens (including phenoxy) is 2. The highest BCUT2D eigenvalue weighted by Gasteiger charge is 2.22. The average Bonchev–Trinajstić information content (AvgIpc) is 2.83. The van der Waals surface area contributed by atoms with Gasteiger partial charge in [-0.2, -0.15) is 0 Å². The first kappa shape index (κ1) is 26.8. The number of piperidine rings is 1. The third-order valence-corrected chi connectivity index (χ3v) is 5.89. The van der Waals surface area contributed by atoms with Crippen molar-refractivity contribution < 1.29 is 14.3 Å². The normalized spacial score (nSPS) is 14.4. The third-order valence-electron chi connectivity index (χ3n) is 5.89. The molecular formula is C25H35IN4O3. The number of guanidine groups is 1. The van der Waals surface area contributed by atoms with Crippen molar-refractivity contribution in [3.05, 3.63) is 59.7 Å². The lowest BCUT2D eigenvalue weighted by molar-refractivity contribution is -0.130. The summed E-state index contributed by atoms with van der Waals surface area (Å²) in [7, 11) is 3.23. The molecule has 1 aliphatic rings. The number of amides is 1. The molecule has 33 heavy (non-hydrogen) atoms. The molecule has 0 aromatic heterocycles. The standard InChI is InChI=1S/C25H34N4O3.HI/c1-31-22-9-8-20(17-23(22)32-2)10-13-27-25(26)28-18-24(30)29-14-11-21(12-15-29)16-19-6-4-3-5-7-19;/h3-9,17,21H,10-16,18H2,1-2H3,(H3,26,27,28);1H. The number of rotatable bonds is 9. The van der Waals surface area contributed by atoms with E-state index in [1.165, 1.54) is 5.56 Å². The molecule has 2 aromatic carbocycles. The van der Waals surface area contributed by atoms with Crippen LogP contribution in [0.5, 0.6) is 11.5 Å². The fourth-order valence-electron chi connectivity index (χ4n) is 4.01. The van der Waals surface area contributed by atoms with E-state index in [-0.39, 0.29) is 42.4 Å². The van der Waals surface area contributed by atoms with Gasteiger partial charge in [0.25, 0.3) is 0 Å². The molecule has 1 saturated heterocycles. The van der Waals surface area contributed by atoms with Gasteiger partial charge in [-0.25, -0.2) is 4.99 Å². The predicted molar refractivity (Wildman–Crippen MR) is 143 cm³/mol. The lowest BCUT2D eigenvalue weighted by Crippen LogP contribution is -2.41. The predicted octanol–water partition coefficient (Wildman–Crippen LogP) is 3.25. The van der Waals surface area contributed by atoms with Crippen molar-refractivity contribution in [2.75, 3.05) is 40.4 Å². The van der Waals surface area contributed by atoms with Gasteiger partial charge >= 0.3 is 0 Å². The molecule has 1 fully saturated rings. The zero-order valence-corrected chi connectivity index (χ0v) is 21.8. The number of methoxy groups -OCH3 is 2. The molecule has 0 bridgehead atoms. The van der Waals surface area contributed by atoms with Gasteiger partial charge in [0.05, 0.1) is 14.2 Å². The SMILES string of the molecule is COc1ccc(CCNC(N)=NCC(=O)N2CCC(Cc3ccccc3)CC2)cc1OC.I. The molecule has 0 saturated carbocycles. The number of halogens is 1. The van der Waals surface area contributed by atoms with Crippen molar-refractivity contribution in [2.24, 2.45) is 16.6 Å². The molecule has 0 spiro atoms. The molecule has 8 heteroatoms. The molecule has 0 aliphatic carbocycles. The highest BCUT2D eigenvalue weighted by atomic mass is 127.